The number of rotatable bonds is 7. The summed E-state index contributed by atoms with van der Waals surface area (Å²) in [7, 11) is 0. The van der Waals surface area contributed by atoms with E-state index in [1.165, 1.54) is 11.3 Å². The standard InChI is InChI=1S/C20H18N6OS/c21-24-12-17(13-4-2-1-3-5-13)26-20(27)18-16(8-11-28-18)25-15-7-10-23-19-14(15)6-9-22-19/h1-11,17,21H,12H2,(H,26,27)(H2,22,23,25)/t17-/m1/s1. The zero-order valence-electron chi connectivity index (χ0n) is 14.8. The van der Waals surface area contributed by atoms with Crippen molar-refractivity contribution in [2.75, 3.05) is 11.9 Å². The van der Waals surface area contributed by atoms with Gasteiger partial charge in [-0.2, -0.15) is 5.11 Å². The molecule has 1 atom stereocenters. The second-order valence-corrected chi connectivity index (χ2v) is 7.08. The molecule has 8 heteroatoms. The van der Waals surface area contributed by atoms with Gasteiger partial charge in [0.2, 0.25) is 0 Å². The fourth-order valence-corrected chi connectivity index (χ4v) is 3.79. The van der Waals surface area contributed by atoms with Crippen molar-refractivity contribution in [3.8, 4) is 0 Å². The quantitative estimate of drug-likeness (QED) is 0.338. The predicted molar refractivity (Wildman–Crippen MR) is 110 cm³/mol. The third-order valence-corrected chi connectivity index (χ3v) is 5.30. The van der Waals surface area contributed by atoms with Crippen LogP contribution in [0.15, 0.2) is 71.4 Å². The highest BCUT2D eigenvalue weighted by molar-refractivity contribution is 7.12. The van der Waals surface area contributed by atoms with Crippen molar-refractivity contribution >= 4 is 39.7 Å². The highest BCUT2D eigenvalue weighted by atomic mass is 32.1. The number of nitrogens with one attached hydrogen (secondary N) is 4. The smallest absolute Gasteiger partial charge is 0.264 e. The van der Waals surface area contributed by atoms with Crippen LogP contribution in [0.5, 0.6) is 0 Å². The van der Waals surface area contributed by atoms with E-state index in [2.05, 4.69) is 25.7 Å². The lowest BCUT2D eigenvalue weighted by atomic mass is 10.1. The number of amides is 1. The van der Waals surface area contributed by atoms with E-state index in [0.29, 0.717) is 4.88 Å². The van der Waals surface area contributed by atoms with E-state index in [4.69, 9.17) is 5.53 Å². The number of thiophene rings is 1. The van der Waals surface area contributed by atoms with Gasteiger partial charge in [-0.05, 0) is 29.1 Å². The van der Waals surface area contributed by atoms with Crippen LogP contribution in [0.1, 0.15) is 21.3 Å². The van der Waals surface area contributed by atoms with E-state index in [1.807, 2.05) is 60.1 Å². The lowest BCUT2D eigenvalue weighted by molar-refractivity contribution is 0.0942. The van der Waals surface area contributed by atoms with E-state index in [0.717, 1.165) is 28.0 Å². The molecule has 0 aliphatic heterocycles. The van der Waals surface area contributed by atoms with Gasteiger partial charge in [0.25, 0.3) is 5.91 Å². The number of hydrogen-bond acceptors (Lipinski definition) is 6. The number of carbonyl (C=O) groups is 1. The summed E-state index contributed by atoms with van der Waals surface area (Å²) >= 11 is 1.36. The molecule has 4 N–H and O–H groups in total. The Kier molecular flexibility index (Phi) is 5.11. The molecule has 3 heterocycles. The fraction of sp³-hybridized carbons (Fsp3) is 0.100. The number of H-pyrrole nitrogens is 1. The zero-order chi connectivity index (χ0) is 19.3. The third-order valence-electron chi connectivity index (χ3n) is 4.38. The number of fused-ring (bicyclic) bond motifs is 1. The molecule has 1 aromatic carbocycles. The van der Waals surface area contributed by atoms with Gasteiger partial charge >= 0.3 is 0 Å². The topological polar surface area (TPSA) is 106 Å². The Bertz CT molecular complexity index is 1100. The summed E-state index contributed by atoms with van der Waals surface area (Å²) in [6.07, 6.45) is 3.55. The Morgan fingerprint density at radius 2 is 2.04 bits per heavy atom. The SMILES string of the molecule is N=NC[C@@H](NC(=O)c1sccc1Nc1ccnc2[nH]ccc12)c1ccccc1. The molecule has 0 unspecified atom stereocenters. The minimum absolute atomic E-state index is 0.193. The van der Waals surface area contributed by atoms with Crippen LogP contribution in [-0.4, -0.2) is 22.4 Å². The maximum atomic E-state index is 12.9. The molecule has 0 aliphatic carbocycles. The monoisotopic (exact) mass is 390 g/mol. The molecule has 1 amide bonds. The Labute approximate surface area is 165 Å². The normalized spacial score (nSPS) is 11.9. The largest absolute Gasteiger partial charge is 0.354 e. The van der Waals surface area contributed by atoms with Crippen LogP contribution < -0.4 is 10.6 Å². The van der Waals surface area contributed by atoms with Crippen LogP contribution >= 0.6 is 11.3 Å². The molecule has 3 aromatic heterocycles. The summed E-state index contributed by atoms with van der Waals surface area (Å²) in [5.74, 6) is -0.200. The summed E-state index contributed by atoms with van der Waals surface area (Å²) in [4.78, 5) is 20.9. The minimum atomic E-state index is -0.349. The molecule has 28 heavy (non-hydrogen) atoms. The van der Waals surface area contributed by atoms with Crippen LogP contribution in [0.4, 0.5) is 11.4 Å². The van der Waals surface area contributed by atoms with Gasteiger partial charge < -0.3 is 15.6 Å². The van der Waals surface area contributed by atoms with Gasteiger partial charge in [0, 0.05) is 17.8 Å². The molecule has 7 nitrogen and oxygen atoms in total. The van der Waals surface area contributed by atoms with Crippen LogP contribution in [0.3, 0.4) is 0 Å². The fourth-order valence-electron chi connectivity index (χ4n) is 3.03. The molecule has 0 radical (unpaired) electrons. The van der Waals surface area contributed by atoms with Gasteiger partial charge in [-0.3, -0.25) is 4.79 Å². The van der Waals surface area contributed by atoms with Gasteiger partial charge in [-0.15, -0.1) is 11.3 Å². The number of aromatic amines is 1. The molecule has 0 saturated heterocycles. The van der Waals surface area contributed by atoms with Crippen LogP contribution in [-0.2, 0) is 0 Å². The number of benzene rings is 1. The Hall–Kier alpha value is -3.52. The Morgan fingerprint density at radius 3 is 2.86 bits per heavy atom. The van der Waals surface area contributed by atoms with Crippen molar-refractivity contribution in [3.63, 3.8) is 0 Å². The van der Waals surface area contributed by atoms with E-state index in [9.17, 15) is 4.79 Å². The van der Waals surface area contributed by atoms with E-state index >= 15 is 0 Å². The average Bonchev–Trinajstić information content (AvgIpc) is 3.38. The van der Waals surface area contributed by atoms with Crippen molar-refractivity contribution in [3.05, 3.63) is 76.7 Å². The Morgan fingerprint density at radius 1 is 1.18 bits per heavy atom. The summed E-state index contributed by atoms with van der Waals surface area (Å²) in [6.45, 7) is 0.193. The van der Waals surface area contributed by atoms with Gasteiger partial charge in [0.1, 0.15) is 10.5 Å². The van der Waals surface area contributed by atoms with Gasteiger partial charge in [-0.25, -0.2) is 10.5 Å². The van der Waals surface area contributed by atoms with Crippen LogP contribution in [0, 0.1) is 5.53 Å². The molecular formula is C20H18N6OS. The summed E-state index contributed by atoms with van der Waals surface area (Å²) in [6, 6.07) is 14.9. The molecule has 0 fully saturated rings. The molecule has 4 aromatic rings. The summed E-state index contributed by atoms with van der Waals surface area (Å²) < 4.78 is 0. The number of hydrogen-bond donors (Lipinski definition) is 4. The minimum Gasteiger partial charge on any atom is -0.354 e. The van der Waals surface area contributed by atoms with Gasteiger partial charge in [-0.1, -0.05) is 30.3 Å². The highest BCUT2D eigenvalue weighted by Gasteiger charge is 2.19. The predicted octanol–water partition coefficient (Wildman–Crippen LogP) is 4.87. The number of aromatic nitrogens is 2. The first-order valence-corrected chi connectivity index (χ1v) is 9.60. The zero-order valence-corrected chi connectivity index (χ0v) is 15.7. The second-order valence-electron chi connectivity index (χ2n) is 6.16. The lowest BCUT2D eigenvalue weighted by Gasteiger charge is -2.17. The molecule has 4 rings (SSSR count). The molecule has 0 saturated carbocycles. The highest BCUT2D eigenvalue weighted by Crippen LogP contribution is 2.30. The molecule has 0 spiro atoms. The van der Waals surface area contributed by atoms with Crippen LogP contribution in [0.2, 0.25) is 0 Å². The lowest BCUT2D eigenvalue weighted by Crippen LogP contribution is -2.30. The third kappa shape index (κ3) is 3.63. The van der Waals surface area contributed by atoms with Crippen LogP contribution in [0.25, 0.3) is 11.0 Å². The van der Waals surface area contributed by atoms with Crippen molar-refractivity contribution in [2.24, 2.45) is 5.11 Å². The van der Waals surface area contributed by atoms with Crippen molar-refractivity contribution in [1.29, 1.82) is 5.53 Å². The molecule has 0 bridgehead atoms. The first kappa shape index (κ1) is 17.9. The van der Waals surface area contributed by atoms with Crippen molar-refractivity contribution in [1.82, 2.24) is 15.3 Å². The van der Waals surface area contributed by atoms with E-state index in [1.54, 1.807) is 6.20 Å². The summed E-state index contributed by atoms with van der Waals surface area (Å²) in [5, 5.41) is 12.6. The van der Waals surface area contributed by atoms with Crippen molar-refractivity contribution < 1.29 is 4.79 Å². The Balaban J connectivity index is 1.57. The van der Waals surface area contributed by atoms with E-state index in [-0.39, 0.29) is 18.5 Å². The first-order valence-electron chi connectivity index (χ1n) is 8.72. The molecule has 140 valence electrons. The maximum absolute atomic E-state index is 12.9. The van der Waals surface area contributed by atoms with Crippen molar-refractivity contribution in [2.45, 2.75) is 6.04 Å². The second kappa shape index (κ2) is 8.01. The maximum Gasteiger partial charge on any atom is 0.264 e. The van der Waals surface area contributed by atoms with E-state index < -0.39 is 0 Å². The summed E-state index contributed by atoms with van der Waals surface area (Å²) in [5.41, 5.74) is 10.5. The molecule has 0 aliphatic rings. The number of nitrogens with zero attached hydrogens (tertiary/aromatic N) is 2. The first-order chi connectivity index (χ1) is 13.8. The average molecular weight is 390 g/mol. The van der Waals surface area contributed by atoms with Gasteiger partial charge in [0.05, 0.1) is 24.0 Å². The van der Waals surface area contributed by atoms with Gasteiger partial charge in [0.15, 0.2) is 0 Å². The molecular weight excluding hydrogens is 372 g/mol. The number of pyridine rings is 1. The number of carbonyl (C=O) groups excluding carboxylic acids is 1. The number of anilines is 2.